The van der Waals surface area contributed by atoms with E-state index in [-0.39, 0.29) is 30.5 Å². The number of amides is 1. The highest BCUT2D eigenvalue weighted by Crippen LogP contribution is 2.29. The first-order valence-electron chi connectivity index (χ1n) is 11.9. The number of phenolic OH excluding ortho intramolecular Hbond substituents is 1. The maximum Gasteiger partial charge on any atom is 0.225 e. The summed E-state index contributed by atoms with van der Waals surface area (Å²) in [5.41, 5.74) is 0.0886. The van der Waals surface area contributed by atoms with Gasteiger partial charge in [-0.25, -0.2) is 4.39 Å². The molecule has 4 rings (SSSR count). The van der Waals surface area contributed by atoms with E-state index in [2.05, 4.69) is 16.8 Å². The summed E-state index contributed by atoms with van der Waals surface area (Å²) >= 11 is 0. The Morgan fingerprint density at radius 2 is 1.86 bits per heavy atom. The zero-order valence-electron chi connectivity index (χ0n) is 20.4. The van der Waals surface area contributed by atoms with E-state index in [4.69, 9.17) is 14.2 Å². The van der Waals surface area contributed by atoms with E-state index < -0.39 is 5.60 Å². The Bertz CT molecular complexity index is 997. The number of aromatic hydroxyl groups is 1. The van der Waals surface area contributed by atoms with Crippen molar-refractivity contribution < 1.29 is 28.5 Å². The lowest BCUT2D eigenvalue weighted by Gasteiger charge is -2.43. The van der Waals surface area contributed by atoms with Crippen LogP contribution in [-0.4, -0.2) is 98.0 Å². The quantitative estimate of drug-likeness (QED) is 0.613. The molecule has 0 spiro atoms. The standard InChI is InChI=1S/C26H34FN3O5/c1-28-9-11-30(12-10-28)25(32)16-26(19-34-22-6-4-21(27)5-7-22)18-29(13-14-35-26)17-20-3-8-24(33-2)23(31)15-20/h3-8,15,31H,9-14,16-19H2,1-2H3/t26-/m1/s1. The Balaban J connectivity index is 1.48. The van der Waals surface area contributed by atoms with Gasteiger partial charge in [0.15, 0.2) is 11.5 Å². The molecule has 0 bridgehead atoms. The number of piperazine rings is 1. The van der Waals surface area contributed by atoms with Gasteiger partial charge in [0.1, 0.15) is 23.8 Å². The highest BCUT2D eigenvalue weighted by Gasteiger charge is 2.41. The number of methoxy groups -OCH3 is 1. The van der Waals surface area contributed by atoms with E-state index in [1.165, 1.54) is 19.2 Å². The number of benzene rings is 2. The van der Waals surface area contributed by atoms with Crippen LogP contribution in [0.4, 0.5) is 4.39 Å². The van der Waals surface area contributed by atoms with Gasteiger partial charge in [0.05, 0.1) is 20.1 Å². The fourth-order valence-corrected chi connectivity index (χ4v) is 4.58. The van der Waals surface area contributed by atoms with Gasteiger partial charge in [0, 0.05) is 45.8 Å². The Kier molecular flexibility index (Phi) is 8.10. The minimum atomic E-state index is -0.846. The first-order chi connectivity index (χ1) is 16.9. The summed E-state index contributed by atoms with van der Waals surface area (Å²) in [6, 6.07) is 11.2. The summed E-state index contributed by atoms with van der Waals surface area (Å²) in [7, 11) is 3.57. The van der Waals surface area contributed by atoms with E-state index in [9.17, 15) is 14.3 Å². The molecule has 9 heteroatoms. The normalized spacial score (nSPS) is 21.6. The second kappa shape index (κ2) is 11.2. The maximum absolute atomic E-state index is 13.3. The zero-order chi connectivity index (χ0) is 24.8. The topological polar surface area (TPSA) is 74.7 Å². The monoisotopic (exact) mass is 487 g/mol. The Labute approximate surface area is 205 Å². The van der Waals surface area contributed by atoms with Crippen molar-refractivity contribution >= 4 is 5.91 Å². The largest absolute Gasteiger partial charge is 0.504 e. The number of morpholine rings is 1. The summed E-state index contributed by atoms with van der Waals surface area (Å²) in [4.78, 5) is 19.6. The molecule has 2 aromatic carbocycles. The van der Waals surface area contributed by atoms with Gasteiger partial charge in [0.25, 0.3) is 0 Å². The summed E-state index contributed by atoms with van der Waals surface area (Å²) in [5, 5.41) is 10.2. The predicted molar refractivity (Wildman–Crippen MR) is 129 cm³/mol. The van der Waals surface area contributed by atoms with Crippen LogP contribution < -0.4 is 9.47 Å². The molecule has 0 aromatic heterocycles. The highest BCUT2D eigenvalue weighted by molar-refractivity contribution is 5.77. The molecule has 2 heterocycles. The molecule has 1 atom stereocenters. The Morgan fingerprint density at radius 3 is 2.54 bits per heavy atom. The molecule has 2 fully saturated rings. The van der Waals surface area contributed by atoms with E-state index in [0.29, 0.717) is 50.8 Å². The second-order valence-electron chi connectivity index (χ2n) is 9.35. The van der Waals surface area contributed by atoms with Crippen LogP contribution in [0.1, 0.15) is 12.0 Å². The number of rotatable bonds is 8. The van der Waals surface area contributed by atoms with Gasteiger partial charge >= 0.3 is 0 Å². The van der Waals surface area contributed by atoms with Crippen LogP contribution in [0.5, 0.6) is 17.2 Å². The van der Waals surface area contributed by atoms with Crippen molar-refractivity contribution in [3.05, 3.63) is 53.8 Å². The lowest BCUT2D eigenvalue weighted by atomic mass is 9.96. The van der Waals surface area contributed by atoms with E-state index in [1.807, 2.05) is 11.0 Å². The molecule has 1 amide bonds. The number of hydrogen-bond acceptors (Lipinski definition) is 7. The van der Waals surface area contributed by atoms with Crippen molar-refractivity contribution in [1.29, 1.82) is 0 Å². The third-order valence-corrected chi connectivity index (χ3v) is 6.62. The van der Waals surface area contributed by atoms with Gasteiger partial charge in [-0.2, -0.15) is 0 Å². The summed E-state index contributed by atoms with van der Waals surface area (Å²) in [5.74, 6) is 0.758. The molecule has 8 nitrogen and oxygen atoms in total. The van der Waals surface area contributed by atoms with Crippen molar-refractivity contribution in [3.8, 4) is 17.2 Å². The third-order valence-electron chi connectivity index (χ3n) is 6.62. The summed E-state index contributed by atoms with van der Waals surface area (Å²) in [6.07, 6.45) is 0.197. The van der Waals surface area contributed by atoms with Crippen LogP contribution >= 0.6 is 0 Å². The molecule has 2 aliphatic heterocycles. The average molecular weight is 488 g/mol. The van der Waals surface area contributed by atoms with Gasteiger partial charge in [-0.05, 0) is 49.0 Å². The molecule has 0 aliphatic carbocycles. The van der Waals surface area contributed by atoms with Crippen LogP contribution in [0.25, 0.3) is 0 Å². The van der Waals surface area contributed by atoms with Crippen LogP contribution in [0.15, 0.2) is 42.5 Å². The number of hydrogen-bond donors (Lipinski definition) is 1. The van der Waals surface area contributed by atoms with Crippen molar-refractivity contribution in [1.82, 2.24) is 14.7 Å². The number of phenols is 1. The molecular formula is C26H34FN3O5. The van der Waals surface area contributed by atoms with Crippen LogP contribution in [0.2, 0.25) is 0 Å². The minimum Gasteiger partial charge on any atom is -0.504 e. The lowest BCUT2D eigenvalue weighted by molar-refractivity contribution is -0.157. The van der Waals surface area contributed by atoms with Gasteiger partial charge in [-0.1, -0.05) is 6.07 Å². The van der Waals surface area contributed by atoms with E-state index >= 15 is 0 Å². The first kappa shape index (κ1) is 25.2. The number of halogens is 1. The van der Waals surface area contributed by atoms with Crippen molar-refractivity contribution in [2.45, 2.75) is 18.6 Å². The third kappa shape index (κ3) is 6.62. The molecule has 1 N–H and O–H groups in total. The molecule has 0 radical (unpaired) electrons. The predicted octanol–water partition coefficient (Wildman–Crippen LogP) is 2.35. The molecule has 0 saturated carbocycles. The van der Waals surface area contributed by atoms with Gasteiger partial charge in [0.2, 0.25) is 5.91 Å². The molecule has 35 heavy (non-hydrogen) atoms. The fraction of sp³-hybridized carbons (Fsp3) is 0.500. The van der Waals surface area contributed by atoms with Crippen LogP contribution in [0.3, 0.4) is 0 Å². The Hall–Kier alpha value is -2.88. The van der Waals surface area contributed by atoms with Crippen LogP contribution in [-0.2, 0) is 16.1 Å². The SMILES string of the molecule is COc1ccc(CN2CCO[C@](COc3ccc(F)cc3)(CC(=O)N3CCN(C)CC3)C2)cc1O. The number of carbonyl (C=O) groups is 1. The Morgan fingerprint density at radius 1 is 1.11 bits per heavy atom. The molecular weight excluding hydrogens is 453 g/mol. The molecule has 2 aromatic rings. The van der Waals surface area contributed by atoms with Gasteiger partial charge in [-0.15, -0.1) is 0 Å². The smallest absolute Gasteiger partial charge is 0.225 e. The molecule has 2 saturated heterocycles. The summed E-state index contributed by atoms with van der Waals surface area (Å²) in [6.45, 7) is 5.46. The number of nitrogens with zero attached hydrogens (tertiary/aromatic N) is 3. The van der Waals surface area contributed by atoms with Crippen molar-refractivity contribution in [2.24, 2.45) is 0 Å². The maximum atomic E-state index is 13.3. The fourth-order valence-electron chi connectivity index (χ4n) is 4.58. The van der Waals surface area contributed by atoms with E-state index in [1.54, 1.807) is 24.3 Å². The molecule has 2 aliphatic rings. The van der Waals surface area contributed by atoms with Gasteiger partial charge in [-0.3, -0.25) is 9.69 Å². The van der Waals surface area contributed by atoms with Crippen LogP contribution in [0, 0.1) is 5.82 Å². The molecule has 0 unspecified atom stereocenters. The van der Waals surface area contributed by atoms with Crippen molar-refractivity contribution in [2.75, 3.05) is 66.6 Å². The highest BCUT2D eigenvalue weighted by atomic mass is 19.1. The van der Waals surface area contributed by atoms with Gasteiger partial charge < -0.3 is 29.1 Å². The van der Waals surface area contributed by atoms with Crippen molar-refractivity contribution in [3.63, 3.8) is 0 Å². The van der Waals surface area contributed by atoms with E-state index in [0.717, 1.165) is 18.7 Å². The second-order valence-corrected chi connectivity index (χ2v) is 9.35. The zero-order valence-corrected chi connectivity index (χ0v) is 20.4. The number of ether oxygens (including phenoxy) is 3. The summed E-state index contributed by atoms with van der Waals surface area (Å²) < 4.78 is 30.7. The lowest BCUT2D eigenvalue weighted by Crippen LogP contribution is -2.58. The average Bonchev–Trinajstić information content (AvgIpc) is 2.84. The number of likely N-dealkylation sites (N-methyl/N-ethyl adjacent to an activating group) is 1. The first-order valence-corrected chi connectivity index (χ1v) is 11.9. The molecule has 190 valence electrons. The minimum absolute atomic E-state index is 0.0461. The number of carbonyl (C=O) groups excluding carboxylic acids is 1.